The zero-order valence-corrected chi connectivity index (χ0v) is 12.7. The maximum absolute atomic E-state index is 12.4. The molecule has 0 spiro atoms. The lowest BCUT2D eigenvalue weighted by Crippen LogP contribution is -2.41. The van der Waals surface area contributed by atoms with E-state index in [1.165, 1.54) is 7.11 Å². The van der Waals surface area contributed by atoms with Gasteiger partial charge in [-0.05, 0) is 47.0 Å². The predicted octanol–water partition coefficient (Wildman–Crippen LogP) is 2.88. The van der Waals surface area contributed by atoms with Gasteiger partial charge in [-0.1, -0.05) is 11.6 Å². The molecule has 0 bridgehead atoms. The molecule has 6 heteroatoms. The number of carbonyl (C=O) groups is 2. The Morgan fingerprint density at radius 2 is 2.21 bits per heavy atom. The van der Waals surface area contributed by atoms with Crippen molar-refractivity contribution < 1.29 is 14.3 Å². The zero-order valence-electron chi connectivity index (χ0n) is 10.4. The molecule has 0 radical (unpaired) electrons. The standard InChI is InChI=1S/C13H13BrClNO3/c1-19-13(18)11-3-2-6-16(11)12(17)8-4-5-10(15)9(14)7-8/h4-5,7,11H,2-3,6H2,1H3. The van der Waals surface area contributed by atoms with E-state index in [4.69, 9.17) is 16.3 Å². The van der Waals surface area contributed by atoms with E-state index in [1.54, 1.807) is 23.1 Å². The van der Waals surface area contributed by atoms with Crippen molar-refractivity contribution in [2.24, 2.45) is 0 Å². The lowest BCUT2D eigenvalue weighted by Gasteiger charge is -2.22. The first-order chi connectivity index (χ1) is 9.04. The molecule has 1 fully saturated rings. The maximum Gasteiger partial charge on any atom is 0.328 e. The summed E-state index contributed by atoms with van der Waals surface area (Å²) in [5, 5.41) is 0.544. The van der Waals surface area contributed by atoms with Crippen molar-refractivity contribution in [3.63, 3.8) is 0 Å². The summed E-state index contributed by atoms with van der Waals surface area (Å²) in [6, 6.07) is 4.49. The molecule has 1 aliphatic heterocycles. The molecule has 0 saturated carbocycles. The number of rotatable bonds is 2. The van der Waals surface area contributed by atoms with Crippen molar-refractivity contribution in [1.82, 2.24) is 4.90 Å². The molecule has 2 rings (SSSR count). The van der Waals surface area contributed by atoms with Crippen LogP contribution in [0.4, 0.5) is 0 Å². The molecule has 1 unspecified atom stereocenters. The largest absolute Gasteiger partial charge is 0.467 e. The highest BCUT2D eigenvalue weighted by atomic mass is 79.9. The fraction of sp³-hybridized carbons (Fsp3) is 0.385. The Kier molecular flexibility index (Phi) is 4.47. The van der Waals surface area contributed by atoms with E-state index in [0.717, 1.165) is 6.42 Å². The van der Waals surface area contributed by atoms with Crippen molar-refractivity contribution in [2.75, 3.05) is 13.7 Å². The average Bonchev–Trinajstić information content (AvgIpc) is 2.89. The van der Waals surface area contributed by atoms with Gasteiger partial charge in [-0.25, -0.2) is 4.79 Å². The van der Waals surface area contributed by atoms with Crippen LogP contribution in [0, 0.1) is 0 Å². The van der Waals surface area contributed by atoms with Crippen molar-refractivity contribution in [2.45, 2.75) is 18.9 Å². The monoisotopic (exact) mass is 345 g/mol. The molecule has 1 aromatic rings. The highest BCUT2D eigenvalue weighted by Gasteiger charge is 2.35. The first-order valence-corrected chi connectivity index (χ1v) is 7.05. The third-order valence-corrected chi connectivity index (χ3v) is 4.37. The summed E-state index contributed by atoms with van der Waals surface area (Å²) < 4.78 is 5.39. The fourth-order valence-electron chi connectivity index (χ4n) is 2.19. The normalized spacial score (nSPS) is 18.5. The van der Waals surface area contributed by atoms with Crippen molar-refractivity contribution in [3.05, 3.63) is 33.3 Å². The van der Waals surface area contributed by atoms with Crippen LogP contribution in [0.3, 0.4) is 0 Å². The Morgan fingerprint density at radius 1 is 1.47 bits per heavy atom. The molecule has 0 aliphatic carbocycles. The third-order valence-electron chi connectivity index (χ3n) is 3.15. The number of nitrogens with zero attached hydrogens (tertiary/aromatic N) is 1. The highest BCUT2D eigenvalue weighted by Crippen LogP contribution is 2.26. The molecule has 1 aromatic carbocycles. The van der Waals surface area contributed by atoms with Gasteiger partial charge in [0.25, 0.3) is 5.91 Å². The molecule has 4 nitrogen and oxygen atoms in total. The van der Waals surface area contributed by atoms with E-state index in [9.17, 15) is 9.59 Å². The van der Waals surface area contributed by atoms with Gasteiger partial charge in [0.1, 0.15) is 6.04 Å². The number of hydrogen-bond donors (Lipinski definition) is 0. The first kappa shape index (κ1) is 14.3. The van der Waals surface area contributed by atoms with Crippen LogP contribution in [0.25, 0.3) is 0 Å². The van der Waals surface area contributed by atoms with Gasteiger partial charge in [0.2, 0.25) is 0 Å². The number of methoxy groups -OCH3 is 1. The van der Waals surface area contributed by atoms with E-state index in [-0.39, 0.29) is 11.9 Å². The van der Waals surface area contributed by atoms with Gasteiger partial charge in [-0.15, -0.1) is 0 Å². The number of amides is 1. The molecule has 0 N–H and O–H groups in total. The van der Waals surface area contributed by atoms with Crippen LogP contribution in [0.5, 0.6) is 0 Å². The van der Waals surface area contributed by atoms with Crippen LogP contribution in [0.2, 0.25) is 5.02 Å². The zero-order chi connectivity index (χ0) is 14.0. The maximum atomic E-state index is 12.4. The fourth-order valence-corrected chi connectivity index (χ4v) is 2.68. The number of ether oxygens (including phenoxy) is 1. The van der Waals surface area contributed by atoms with Gasteiger partial charge in [-0.2, -0.15) is 0 Å². The van der Waals surface area contributed by atoms with Gasteiger partial charge in [0, 0.05) is 16.6 Å². The van der Waals surface area contributed by atoms with Gasteiger partial charge < -0.3 is 9.64 Å². The van der Waals surface area contributed by atoms with Crippen molar-refractivity contribution in [1.29, 1.82) is 0 Å². The summed E-state index contributed by atoms with van der Waals surface area (Å²) >= 11 is 9.19. The summed E-state index contributed by atoms with van der Waals surface area (Å²) in [6.07, 6.45) is 1.45. The summed E-state index contributed by atoms with van der Waals surface area (Å²) in [6.45, 7) is 0.568. The van der Waals surface area contributed by atoms with E-state index < -0.39 is 6.04 Å². The Bertz CT molecular complexity index is 521. The number of benzene rings is 1. The summed E-state index contributed by atoms with van der Waals surface area (Å²) in [7, 11) is 1.34. The van der Waals surface area contributed by atoms with E-state index >= 15 is 0 Å². The predicted molar refractivity (Wildman–Crippen MR) is 75.2 cm³/mol. The molecular weight excluding hydrogens is 334 g/mol. The molecule has 0 aromatic heterocycles. The Labute approximate surface area is 124 Å². The van der Waals surface area contributed by atoms with Crippen LogP contribution < -0.4 is 0 Å². The average molecular weight is 347 g/mol. The lowest BCUT2D eigenvalue weighted by molar-refractivity contribution is -0.145. The van der Waals surface area contributed by atoms with Crippen molar-refractivity contribution in [3.8, 4) is 0 Å². The molecule has 1 atom stereocenters. The second-order valence-electron chi connectivity index (χ2n) is 4.31. The third kappa shape index (κ3) is 2.92. The topological polar surface area (TPSA) is 46.6 Å². The minimum Gasteiger partial charge on any atom is -0.467 e. The quantitative estimate of drug-likeness (QED) is 0.774. The van der Waals surface area contributed by atoms with Crippen LogP contribution in [-0.4, -0.2) is 36.5 Å². The Balaban J connectivity index is 2.23. The summed E-state index contributed by atoms with van der Waals surface area (Å²) in [5.41, 5.74) is 0.507. The SMILES string of the molecule is COC(=O)C1CCCN1C(=O)c1ccc(Cl)c(Br)c1. The molecule has 1 aliphatic rings. The number of carbonyl (C=O) groups excluding carboxylic acids is 2. The summed E-state index contributed by atoms with van der Waals surface area (Å²) in [4.78, 5) is 25.6. The molecule has 1 saturated heterocycles. The molecule has 1 amide bonds. The van der Waals surface area contributed by atoms with Crippen LogP contribution >= 0.6 is 27.5 Å². The van der Waals surface area contributed by atoms with Crippen LogP contribution in [-0.2, 0) is 9.53 Å². The number of esters is 1. The Hall–Kier alpha value is -1.07. The van der Waals surface area contributed by atoms with E-state index in [0.29, 0.717) is 28.0 Å². The molecule has 102 valence electrons. The van der Waals surface area contributed by atoms with E-state index in [1.807, 2.05) is 0 Å². The summed E-state index contributed by atoms with van der Waals surface area (Å²) in [5.74, 6) is -0.538. The van der Waals surface area contributed by atoms with Crippen LogP contribution in [0.15, 0.2) is 22.7 Å². The number of hydrogen-bond acceptors (Lipinski definition) is 3. The second-order valence-corrected chi connectivity index (χ2v) is 5.57. The van der Waals surface area contributed by atoms with Gasteiger partial charge in [0.15, 0.2) is 0 Å². The smallest absolute Gasteiger partial charge is 0.328 e. The molecule has 1 heterocycles. The Morgan fingerprint density at radius 3 is 2.84 bits per heavy atom. The van der Waals surface area contributed by atoms with E-state index in [2.05, 4.69) is 15.9 Å². The minimum absolute atomic E-state index is 0.176. The second kappa shape index (κ2) is 5.92. The van der Waals surface area contributed by atoms with Crippen molar-refractivity contribution >= 4 is 39.4 Å². The van der Waals surface area contributed by atoms with Crippen LogP contribution in [0.1, 0.15) is 23.2 Å². The molecular formula is C13H13BrClNO3. The molecule has 19 heavy (non-hydrogen) atoms. The minimum atomic E-state index is -0.480. The van der Waals surface area contributed by atoms with Gasteiger partial charge in [-0.3, -0.25) is 4.79 Å². The van der Waals surface area contributed by atoms with Gasteiger partial charge >= 0.3 is 5.97 Å². The first-order valence-electron chi connectivity index (χ1n) is 5.88. The highest BCUT2D eigenvalue weighted by molar-refractivity contribution is 9.10. The number of likely N-dealkylation sites (tertiary alicyclic amines) is 1. The lowest BCUT2D eigenvalue weighted by atomic mass is 10.1. The van der Waals surface area contributed by atoms with Gasteiger partial charge in [0.05, 0.1) is 12.1 Å². The number of halogens is 2.